The fraction of sp³-hybridized carbons (Fsp3) is 0.389. The Labute approximate surface area is 140 Å². The van der Waals surface area contributed by atoms with Crippen LogP contribution >= 0.6 is 15.9 Å². The second-order valence-corrected chi connectivity index (χ2v) is 6.94. The van der Waals surface area contributed by atoms with Crippen LogP contribution in [0.3, 0.4) is 0 Å². The lowest BCUT2D eigenvalue weighted by Gasteiger charge is -2.25. The number of benzene rings is 1. The largest absolute Gasteiger partial charge is 0.496 e. The first-order valence-electron chi connectivity index (χ1n) is 7.63. The average Bonchev–Trinajstić information content (AvgIpc) is 2.90. The van der Waals surface area contributed by atoms with Crippen molar-refractivity contribution in [2.75, 3.05) is 13.7 Å². The average molecular weight is 361 g/mol. The first kappa shape index (κ1) is 15.5. The number of halogens is 1. The van der Waals surface area contributed by atoms with Crippen LogP contribution in [0, 0.1) is 5.92 Å². The third-order valence-electron chi connectivity index (χ3n) is 4.30. The lowest BCUT2D eigenvalue weighted by molar-refractivity contribution is 0.241. The number of nitrogens with zero attached hydrogens (tertiary/aromatic N) is 2. The summed E-state index contributed by atoms with van der Waals surface area (Å²) in [6.07, 6.45) is 5.02. The normalized spacial score (nSPS) is 22.0. The molecule has 0 amide bonds. The zero-order valence-electron chi connectivity index (χ0n) is 13.0. The van der Waals surface area contributed by atoms with Gasteiger partial charge in [-0.15, -0.1) is 0 Å². The van der Waals surface area contributed by atoms with Crippen LogP contribution in [-0.2, 0) is 6.54 Å². The summed E-state index contributed by atoms with van der Waals surface area (Å²) >= 11 is 3.51. The summed E-state index contributed by atoms with van der Waals surface area (Å²) in [6, 6.07) is 10.9. The lowest BCUT2D eigenvalue weighted by Crippen LogP contribution is -2.23. The molecule has 0 spiro atoms. The molecule has 0 N–H and O–H groups in total. The van der Waals surface area contributed by atoms with Crippen molar-refractivity contribution in [3.63, 3.8) is 0 Å². The Balaban J connectivity index is 1.84. The van der Waals surface area contributed by atoms with Gasteiger partial charge in [0.05, 0.1) is 7.11 Å². The van der Waals surface area contributed by atoms with Crippen molar-refractivity contribution < 1.29 is 4.74 Å². The van der Waals surface area contributed by atoms with Gasteiger partial charge in [-0.2, -0.15) is 0 Å². The Morgan fingerprint density at radius 2 is 2.23 bits per heavy atom. The molecular weight excluding hydrogens is 340 g/mol. The predicted octanol–water partition coefficient (Wildman–Crippen LogP) is 4.44. The molecule has 22 heavy (non-hydrogen) atoms. The minimum atomic E-state index is 0.442. The Bertz CT molecular complexity index is 632. The Morgan fingerprint density at radius 3 is 2.95 bits per heavy atom. The van der Waals surface area contributed by atoms with Gasteiger partial charge in [-0.1, -0.05) is 35.0 Å². The maximum atomic E-state index is 5.54. The number of methoxy groups -OCH3 is 1. The van der Waals surface area contributed by atoms with E-state index in [1.54, 1.807) is 7.11 Å². The second kappa shape index (κ2) is 6.80. The van der Waals surface area contributed by atoms with E-state index in [1.807, 2.05) is 24.5 Å². The number of likely N-dealkylation sites (tertiary alicyclic amines) is 1. The summed E-state index contributed by atoms with van der Waals surface area (Å²) in [5, 5.41) is 0. The highest BCUT2D eigenvalue weighted by molar-refractivity contribution is 9.10. The molecule has 4 heteroatoms. The zero-order valence-corrected chi connectivity index (χ0v) is 14.6. The highest BCUT2D eigenvalue weighted by atomic mass is 79.9. The predicted molar refractivity (Wildman–Crippen MR) is 91.9 cm³/mol. The molecule has 1 fully saturated rings. The van der Waals surface area contributed by atoms with E-state index in [1.165, 1.54) is 17.5 Å². The Kier molecular flexibility index (Phi) is 4.79. The summed E-state index contributed by atoms with van der Waals surface area (Å²) in [7, 11) is 1.73. The van der Waals surface area contributed by atoms with Crippen molar-refractivity contribution >= 4 is 15.9 Å². The summed E-state index contributed by atoms with van der Waals surface area (Å²) in [6.45, 7) is 4.33. The van der Waals surface area contributed by atoms with Crippen LogP contribution < -0.4 is 4.74 Å². The Morgan fingerprint density at radius 1 is 1.36 bits per heavy atom. The van der Waals surface area contributed by atoms with E-state index in [0.717, 1.165) is 23.3 Å². The van der Waals surface area contributed by atoms with Crippen LogP contribution in [0.4, 0.5) is 0 Å². The van der Waals surface area contributed by atoms with Gasteiger partial charge in [0, 0.05) is 41.6 Å². The molecular formula is C18H21BrN2O. The maximum absolute atomic E-state index is 5.54. The number of pyridine rings is 1. The van der Waals surface area contributed by atoms with Crippen molar-refractivity contribution in [1.82, 2.24) is 9.88 Å². The topological polar surface area (TPSA) is 25.4 Å². The van der Waals surface area contributed by atoms with Gasteiger partial charge in [0.15, 0.2) is 0 Å². The van der Waals surface area contributed by atoms with Gasteiger partial charge < -0.3 is 4.74 Å². The molecule has 2 heterocycles. The van der Waals surface area contributed by atoms with Crippen LogP contribution in [-0.4, -0.2) is 23.5 Å². The summed E-state index contributed by atoms with van der Waals surface area (Å²) in [5.41, 5.74) is 2.54. The number of ether oxygens (including phenoxy) is 1. The molecule has 2 aromatic rings. The van der Waals surface area contributed by atoms with E-state index in [2.05, 4.69) is 50.9 Å². The van der Waals surface area contributed by atoms with Crippen molar-refractivity contribution in [1.29, 1.82) is 0 Å². The molecule has 0 saturated carbocycles. The van der Waals surface area contributed by atoms with Crippen molar-refractivity contribution in [2.45, 2.75) is 25.9 Å². The molecule has 3 rings (SSSR count). The SMILES string of the molecule is COc1cc(Br)ccc1CN1C[C@H](C)C[C@H]1c1cccnc1. The van der Waals surface area contributed by atoms with Crippen LogP contribution in [0.5, 0.6) is 5.75 Å². The Hall–Kier alpha value is -1.39. The van der Waals surface area contributed by atoms with E-state index in [-0.39, 0.29) is 0 Å². The molecule has 2 atom stereocenters. The number of hydrogen-bond donors (Lipinski definition) is 0. The van der Waals surface area contributed by atoms with Crippen molar-refractivity contribution in [2.24, 2.45) is 5.92 Å². The van der Waals surface area contributed by atoms with Gasteiger partial charge in [0.1, 0.15) is 5.75 Å². The molecule has 0 aliphatic carbocycles. The van der Waals surface area contributed by atoms with Gasteiger partial charge in [-0.25, -0.2) is 0 Å². The van der Waals surface area contributed by atoms with E-state index in [4.69, 9.17) is 4.74 Å². The molecule has 1 saturated heterocycles. The van der Waals surface area contributed by atoms with Gasteiger partial charge >= 0.3 is 0 Å². The van der Waals surface area contributed by atoms with Crippen molar-refractivity contribution in [3.05, 3.63) is 58.3 Å². The van der Waals surface area contributed by atoms with E-state index >= 15 is 0 Å². The molecule has 0 radical (unpaired) electrons. The van der Waals surface area contributed by atoms with Gasteiger partial charge in [-0.05, 0) is 36.1 Å². The number of hydrogen-bond acceptors (Lipinski definition) is 3. The van der Waals surface area contributed by atoms with Gasteiger partial charge in [-0.3, -0.25) is 9.88 Å². The van der Waals surface area contributed by atoms with E-state index in [0.29, 0.717) is 12.0 Å². The zero-order chi connectivity index (χ0) is 15.5. The van der Waals surface area contributed by atoms with E-state index in [9.17, 15) is 0 Å². The fourth-order valence-corrected chi connectivity index (χ4v) is 3.63. The molecule has 0 bridgehead atoms. The van der Waals surface area contributed by atoms with Crippen LogP contribution in [0.2, 0.25) is 0 Å². The third-order valence-corrected chi connectivity index (χ3v) is 4.80. The summed E-state index contributed by atoms with van der Waals surface area (Å²) in [4.78, 5) is 6.82. The fourth-order valence-electron chi connectivity index (χ4n) is 3.29. The van der Waals surface area contributed by atoms with Crippen molar-refractivity contribution in [3.8, 4) is 5.75 Å². The van der Waals surface area contributed by atoms with Crippen LogP contribution in [0.15, 0.2) is 47.2 Å². The summed E-state index contributed by atoms with van der Waals surface area (Å²) in [5.74, 6) is 1.64. The first-order chi connectivity index (χ1) is 10.7. The van der Waals surface area contributed by atoms with Crippen LogP contribution in [0.25, 0.3) is 0 Å². The highest BCUT2D eigenvalue weighted by Crippen LogP contribution is 2.37. The lowest BCUT2D eigenvalue weighted by atomic mass is 10.0. The molecule has 116 valence electrons. The maximum Gasteiger partial charge on any atom is 0.124 e. The van der Waals surface area contributed by atoms with Gasteiger partial charge in [0.25, 0.3) is 0 Å². The minimum absolute atomic E-state index is 0.442. The molecule has 1 aliphatic heterocycles. The van der Waals surface area contributed by atoms with Crippen LogP contribution in [0.1, 0.15) is 30.5 Å². The first-order valence-corrected chi connectivity index (χ1v) is 8.43. The van der Waals surface area contributed by atoms with Gasteiger partial charge in [0.2, 0.25) is 0 Å². The monoisotopic (exact) mass is 360 g/mol. The molecule has 3 nitrogen and oxygen atoms in total. The quantitative estimate of drug-likeness (QED) is 0.805. The summed E-state index contributed by atoms with van der Waals surface area (Å²) < 4.78 is 6.58. The molecule has 0 unspecified atom stereocenters. The number of aromatic nitrogens is 1. The molecule has 1 aliphatic rings. The third kappa shape index (κ3) is 3.33. The smallest absolute Gasteiger partial charge is 0.124 e. The number of rotatable bonds is 4. The van der Waals surface area contributed by atoms with E-state index < -0.39 is 0 Å². The highest BCUT2D eigenvalue weighted by Gasteiger charge is 2.31. The standard InChI is InChI=1S/C18H21BrN2O/c1-13-8-17(14-4-3-7-20-10-14)21(11-13)12-15-5-6-16(19)9-18(15)22-2/h3-7,9-10,13,17H,8,11-12H2,1-2H3/t13-,17+/m1/s1. The molecule has 1 aromatic heterocycles. The molecule has 1 aromatic carbocycles. The second-order valence-electron chi connectivity index (χ2n) is 6.03. The minimum Gasteiger partial charge on any atom is -0.496 e.